The van der Waals surface area contributed by atoms with Crippen LogP contribution in [-0.4, -0.2) is 21.3 Å². The number of hydrogen-bond donors (Lipinski definition) is 1. The topological polar surface area (TPSA) is 53.7 Å². The standard InChI is InChI=1S/C17H21NO3/c1-19-15-10-12(11-16(20-2)17(15)21-3)9-14(18)13-7-5-4-6-8-13/h4-8,10-11,14H,9,18H2,1-3H3. The van der Waals surface area contributed by atoms with Gasteiger partial charge in [-0.25, -0.2) is 0 Å². The highest BCUT2D eigenvalue weighted by Gasteiger charge is 2.15. The Labute approximate surface area is 125 Å². The third-order valence-electron chi connectivity index (χ3n) is 3.41. The molecule has 0 aliphatic rings. The molecule has 2 rings (SSSR count). The first-order chi connectivity index (χ1) is 10.2. The molecule has 0 spiro atoms. The van der Waals surface area contributed by atoms with Gasteiger partial charge in [-0.2, -0.15) is 0 Å². The predicted molar refractivity (Wildman–Crippen MR) is 83.2 cm³/mol. The molecule has 4 heteroatoms. The average Bonchev–Trinajstić information content (AvgIpc) is 2.54. The Balaban J connectivity index is 2.28. The molecule has 0 saturated carbocycles. The van der Waals surface area contributed by atoms with Gasteiger partial charge in [0.25, 0.3) is 0 Å². The summed E-state index contributed by atoms with van der Waals surface area (Å²) in [6, 6.07) is 13.8. The van der Waals surface area contributed by atoms with E-state index in [0.717, 1.165) is 11.1 Å². The maximum Gasteiger partial charge on any atom is 0.203 e. The van der Waals surface area contributed by atoms with Crippen LogP contribution in [0.1, 0.15) is 17.2 Å². The third kappa shape index (κ3) is 3.47. The lowest BCUT2D eigenvalue weighted by molar-refractivity contribution is 0.323. The minimum atomic E-state index is -0.0750. The summed E-state index contributed by atoms with van der Waals surface area (Å²) in [5.41, 5.74) is 8.41. The van der Waals surface area contributed by atoms with E-state index in [9.17, 15) is 0 Å². The second-order valence-electron chi connectivity index (χ2n) is 4.75. The molecule has 0 aliphatic heterocycles. The molecule has 0 aliphatic carbocycles. The summed E-state index contributed by atoms with van der Waals surface area (Å²) in [5.74, 6) is 1.89. The molecule has 21 heavy (non-hydrogen) atoms. The highest BCUT2D eigenvalue weighted by atomic mass is 16.5. The number of hydrogen-bond acceptors (Lipinski definition) is 4. The van der Waals surface area contributed by atoms with Crippen molar-refractivity contribution in [3.8, 4) is 17.2 Å². The van der Waals surface area contributed by atoms with Crippen molar-refractivity contribution in [2.24, 2.45) is 5.73 Å². The summed E-state index contributed by atoms with van der Waals surface area (Å²) in [4.78, 5) is 0. The van der Waals surface area contributed by atoms with Gasteiger partial charge in [0.2, 0.25) is 5.75 Å². The lowest BCUT2D eigenvalue weighted by Gasteiger charge is -2.16. The van der Waals surface area contributed by atoms with Crippen molar-refractivity contribution >= 4 is 0 Å². The van der Waals surface area contributed by atoms with Gasteiger partial charge in [0.1, 0.15) is 0 Å². The Morgan fingerprint density at radius 1 is 0.905 bits per heavy atom. The highest BCUT2D eigenvalue weighted by molar-refractivity contribution is 5.54. The number of benzene rings is 2. The molecule has 112 valence electrons. The first-order valence-electron chi connectivity index (χ1n) is 6.79. The Morgan fingerprint density at radius 3 is 1.95 bits per heavy atom. The normalized spacial score (nSPS) is 11.8. The predicted octanol–water partition coefficient (Wildman–Crippen LogP) is 2.95. The maximum absolute atomic E-state index is 6.27. The van der Waals surface area contributed by atoms with Gasteiger partial charge >= 0.3 is 0 Å². The van der Waals surface area contributed by atoms with Crippen molar-refractivity contribution < 1.29 is 14.2 Å². The Bertz CT molecular complexity index is 559. The second-order valence-corrected chi connectivity index (χ2v) is 4.75. The smallest absolute Gasteiger partial charge is 0.203 e. The molecule has 2 aromatic carbocycles. The quantitative estimate of drug-likeness (QED) is 0.887. The van der Waals surface area contributed by atoms with Crippen molar-refractivity contribution in [1.29, 1.82) is 0 Å². The van der Waals surface area contributed by atoms with Crippen LogP contribution in [0.3, 0.4) is 0 Å². The first-order valence-corrected chi connectivity index (χ1v) is 6.79. The van der Waals surface area contributed by atoms with Gasteiger partial charge in [-0.05, 0) is 29.7 Å². The van der Waals surface area contributed by atoms with E-state index in [-0.39, 0.29) is 6.04 Å². The summed E-state index contributed by atoms with van der Waals surface area (Å²) in [7, 11) is 4.81. The van der Waals surface area contributed by atoms with Crippen LogP contribution in [0.5, 0.6) is 17.2 Å². The number of ether oxygens (including phenoxy) is 3. The molecule has 2 aromatic rings. The largest absolute Gasteiger partial charge is 0.493 e. The molecule has 0 heterocycles. The van der Waals surface area contributed by atoms with E-state index in [4.69, 9.17) is 19.9 Å². The summed E-state index contributed by atoms with van der Waals surface area (Å²) < 4.78 is 16.0. The zero-order valence-corrected chi connectivity index (χ0v) is 12.6. The molecule has 1 atom stereocenters. The van der Waals surface area contributed by atoms with E-state index in [1.165, 1.54) is 0 Å². The van der Waals surface area contributed by atoms with Crippen molar-refractivity contribution in [2.45, 2.75) is 12.5 Å². The molecular formula is C17H21NO3. The molecule has 0 bridgehead atoms. The Morgan fingerprint density at radius 2 is 1.48 bits per heavy atom. The monoisotopic (exact) mass is 287 g/mol. The number of nitrogens with two attached hydrogens (primary N) is 1. The van der Waals surface area contributed by atoms with E-state index >= 15 is 0 Å². The molecule has 4 nitrogen and oxygen atoms in total. The fourth-order valence-corrected chi connectivity index (χ4v) is 2.33. The average molecular weight is 287 g/mol. The van der Waals surface area contributed by atoms with Crippen LogP contribution in [0.2, 0.25) is 0 Å². The van der Waals surface area contributed by atoms with Crippen molar-refractivity contribution in [3.63, 3.8) is 0 Å². The van der Waals surface area contributed by atoms with Gasteiger partial charge in [0.15, 0.2) is 11.5 Å². The molecule has 0 saturated heterocycles. The minimum Gasteiger partial charge on any atom is -0.493 e. The van der Waals surface area contributed by atoms with E-state index in [1.54, 1.807) is 21.3 Å². The van der Waals surface area contributed by atoms with Crippen molar-refractivity contribution in [3.05, 3.63) is 53.6 Å². The SMILES string of the molecule is COc1cc(CC(N)c2ccccc2)cc(OC)c1OC. The second kappa shape index (κ2) is 6.99. The van der Waals surface area contributed by atoms with Crippen LogP contribution < -0.4 is 19.9 Å². The molecule has 1 unspecified atom stereocenters. The molecule has 0 aromatic heterocycles. The van der Waals surface area contributed by atoms with Gasteiger partial charge in [-0.1, -0.05) is 30.3 Å². The van der Waals surface area contributed by atoms with Gasteiger partial charge in [-0.15, -0.1) is 0 Å². The number of methoxy groups -OCH3 is 3. The third-order valence-corrected chi connectivity index (χ3v) is 3.41. The summed E-state index contributed by atoms with van der Waals surface area (Å²) in [6.07, 6.45) is 0.695. The number of rotatable bonds is 6. The Hall–Kier alpha value is -2.20. The van der Waals surface area contributed by atoms with E-state index in [1.807, 2.05) is 42.5 Å². The van der Waals surface area contributed by atoms with Crippen LogP contribution in [0.4, 0.5) is 0 Å². The van der Waals surface area contributed by atoms with Crippen LogP contribution in [0, 0.1) is 0 Å². The highest BCUT2D eigenvalue weighted by Crippen LogP contribution is 2.38. The summed E-state index contributed by atoms with van der Waals surface area (Å²) in [5, 5.41) is 0. The molecule has 0 fully saturated rings. The molecule has 0 radical (unpaired) electrons. The molecule has 2 N–H and O–H groups in total. The molecular weight excluding hydrogens is 266 g/mol. The van der Waals surface area contributed by atoms with Gasteiger partial charge in [-0.3, -0.25) is 0 Å². The van der Waals surface area contributed by atoms with Crippen LogP contribution in [0.15, 0.2) is 42.5 Å². The van der Waals surface area contributed by atoms with E-state index in [0.29, 0.717) is 23.7 Å². The lowest BCUT2D eigenvalue weighted by Crippen LogP contribution is -2.13. The van der Waals surface area contributed by atoms with Crippen LogP contribution in [-0.2, 0) is 6.42 Å². The molecule has 0 amide bonds. The van der Waals surface area contributed by atoms with Crippen LogP contribution >= 0.6 is 0 Å². The van der Waals surface area contributed by atoms with Gasteiger partial charge in [0, 0.05) is 6.04 Å². The van der Waals surface area contributed by atoms with E-state index in [2.05, 4.69) is 0 Å². The maximum atomic E-state index is 6.27. The first kappa shape index (κ1) is 15.2. The van der Waals surface area contributed by atoms with Gasteiger partial charge < -0.3 is 19.9 Å². The van der Waals surface area contributed by atoms with Crippen molar-refractivity contribution in [2.75, 3.05) is 21.3 Å². The fourth-order valence-electron chi connectivity index (χ4n) is 2.33. The zero-order valence-electron chi connectivity index (χ0n) is 12.6. The van der Waals surface area contributed by atoms with Gasteiger partial charge in [0.05, 0.1) is 21.3 Å². The zero-order chi connectivity index (χ0) is 15.2. The van der Waals surface area contributed by atoms with Crippen LogP contribution in [0.25, 0.3) is 0 Å². The lowest BCUT2D eigenvalue weighted by atomic mass is 9.99. The van der Waals surface area contributed by atoms with E-state index < -0.39 is 0 Å². The minimum absolute atomic E-state index is 0.0750. The van der Waals surface area contributed by atoms with Crippen molar-refractivity contribution in [1.82, 2.24) is 0 Å². The summed E-state index contributed by atoms with van der Waals surface area (Å²) >= 11 is 0. The Kier molecular flexibility index (Phi) is 5.06. The summed E-state index contributed by atoms with van der Waals surface area (Å²) in [6.45, 7) is 0. The fraction of sp³-hybridized carbons (Fsp3) is 0.294.